The van der Waals surface area contributed by atoms with E-state index in [2.05, 4.69) is 10.3 Å². The standard InChI is InChI=1S/C6H8N2OS/c1-2-5-7-3-6(10-5)8-4-9/h3-4H,2H2,1H3,(H,8,9). The highest BCUT2D eigenvalue weighted by Gasteiger charge is 1.96. The maximum absolute atomic E-state index is 9.94. The molecule has 54 valence electrons. The molecule has 1 N–H and O–H groups in total. The average Bonchev–Trinajstić information content (AvgIpc) is 2.37. The summed E-state index contributed by atoms with van der Waals surface area (Å²) in [6.45, 7) is 2.03. The first-order valence-corrected chi connectivity index (χ1v) is 3.83. The topological polar surface area (TPSA) is 42.0 Å². The highest BCUT2D eigenvalue weighted by atomic mass is 32.1. The van der Waals surface area contributed by atoms with Gasteiger partial charge in [0.15, 0.2) is 0 Å². The lowest BCUT2D eigenvalue weighted by Crippen LogP contribution is -1.88. The lowest BCUT2D eigenvalue weighted by molar-refractivity contribution is -0.105. The van der Waals surface area contributed by atoms with Gasteiger partial charge in [0.05, 0.1) is 11.2 Å². The minimum atomic E-state index is 0.660. The zero-order chi connectivity index (χ0) is 7.40. The van der Waals surface area contributed by atoms with Gasteiger partial charge >= 0.3 is 0 Å². The van der Waals surface area contributed by atoms with Gasteiger partial charge in [-0.15, -0.1) is 11.3 Å². The summed E-state index contributed by atoms with van der Waals surface area (Å²) < 4.78 is 0. The molecule has 1 aromatic heterocycles. The number of rotatable bonds is 3. The number of aryl methyl sites for hydroxylation is 1. The van der Waals surface area contributed by atoms with Crippen molar-refractivity contribution in [1.29, 1.82) is 0 Å². The third kappa shape index (κ3) is 1.54. The van der Waals surface area contributed by atoms with E-state index < -0.39 is 0 Å². The number of carbonyl (C=O) groups excluding carboxylic acids is 1. The normalized spacial score (nSPS) is 9.30. The molecule has 1 rings (SSSR count). The van der Waals surface area contributed by atoms with Crippen molar-refractivity contribution in [2.24, 2.45) is 0 Å². The summed E-state index contributed by atoms with van der Waals surface area (Å²) in [7, 11) is 0. The second-order valence-electron chi connectivity index (χ2n) is 1.73. The third-order valence-electron chi connectivity index (χ3n) is 1.06. The first kappa shape index (κ1) is 7.21. The largest absolute Gasteiger partial charge is 0.319 e. The minimum Gasteiger partial charge on any atom is -0.319 e. The molecule has 4 heteroatoms. The van der Waals surface area contributed by atoms with Crippen molar-refractivity contribution < 1.29 is 4.79 Å². The second kappa shape index (κ2) is 3.31. The Morgan fingerprint density at radius 1 is 1.90 bits per heavy atom. The molecule has 1 heterocycles. The van der Waals surface area contributed by atoms with Crippen molar-refractivity contribution in [2.75, 3.05) is 5.32 Å². The van der Waals surface area contributed by atoms with Crippen LogP contribution in [-0.4, -0.2) is 11.4 Å². The number of hydrogen-bond acceptors (Lipinski definition) is 3. The average molecular weight is 156 g/mol. The van der Waals surface area contributed by atoms with E-state index in [9.17, 15) is 4.79 Å². The third-order valence-corrected chi connectivity index (χ3v) is 2.13. The molecule has 3 nitrogen and oxygen atoms in total. The number of hydrogen-bond donors (Lipinski definition) is 1. The van der Waals surface area contributed by atoms with E-state index in [1.165, 1.54) is 11.3 Å². The predicted octanol–water partition coefficient (Wildman–Crippen LogP) is 1.27. The summed E-state index contributed by atoms with van der Waals surface area (Å²) in [5, 5.41) is 4.40. The molecule has 0 saturated carbocycles. The molecular formula is C6H8N2OS. The van der Waals surface area contributed by atoms with Crippen molar-refractivity contribution in [2.45, 2.75) is 13.3 Å². The number of anilines is 1. The van der Waals surface area contributed by atoms with Crippen molar-refractivity contribution in [3.8, 4) is 0 Å². The Morgan fingerprint density at radius 3 is 3.20 bits per heavy atom. The fourth-order valence-electron chi connectivity index (χ4n) is 0.599. The summed E-state index contributed by atoms with van der Waals surface area (Å²) >= 11 is 1.50. The molecule has 0 unspecified atom stereocenters. The number of aromatic nitrogens is 1. The molecule has 1 aromatic rings. The Balaban J connectivity index is 2.67. The van der Waals surface area contributed by atoms with Gasteiger partial charge in [0.1, 0.15) is 5.00 Å². The van der Waals surface area contributed by atoms with Crippen LogP contribution in [0.1, 0.15) is 11.9 Å². The molecular weight excluding hydrogens is 148 g/mol. The number of nitrogens with zero attached hydrogens (tertiary/aromatic N) is 1. The van der Waals surface area contributed by atoms with Crippen molar-refractivity contribution in [3.05, 3.63) is 11.2 Å². The Bertz CT molecular complexity index is 221. The Hall–Kier alpha value is -0.900. The first-order valence-electron chi connectivity index (χ1n) is 3.01. The number of thiazole rings is 1. The monoisotopic (exact) mass is 156 g/mol. The maximum Gasteiger partial charge on any atom is 0.212 e. The first-order chi connectivity index (χ1) is 4.86. The van der Waals surface area contributed by atoms with Crippen LogP contribution in [0.4, 0.5) is 5.00 Å². The summed E-state index contributed by atoms with van der Waals surface area (Å²) in [5.74, 6) is 0. The Labute approximate surface area is 63.1 Å². The summed E-state index contributed by atoms with van der Waals surface area (Å²) in [6, 6.07) is 0. The fraction of sp³-hybridized carbons (Fsp3) is 0.333. The van der Waals surface area contributed by atoms with Crippen LogP contribution >= 0.6 is 11.3 Å². The molecule has 0 aliphatic carbocycles. The maximum atomic E-state index is 9.94. The molecule has 0 aromatic carbocycles. The zero-order valence-corrected chi connectivity index (χ0v) is 6.44. The second-order valence-corrected chi connectivity index (χ2v) is 2.85. The molecule has 10 heavy (non-hydrogen) atoms. The number of amides is 1. The van der Waals surface area contributed by atoms with Gasteiger partial charge in [-0.25, -0.2) is 4.98 Å². The van der Waals surface area contributed by atoms with Gasteiger partial charge in [-0.05, 0) is 6.42 Å². The molecule has 0 atom stereocenters. The van der Waals surface area contributed by atoms with Gasteiger partial charge in [-0.2, -0.15) is 0 Å². The number of carbonyl (C=O) groups is 1. The summed E-state index contributed by atoms with van der Waals surface area (Å²) in [6.07, 6.45) is 3.25. The molecule has 0 saturated heterocycles. The van der Waals surface area contributed by atoms with Crippen LogP contribution < -0.4 is 5.32 Å². The van der Waals surface area contributed by atoms with E-state index in [-0.39, 0.29) is 0 Å². The van der Waals surface area contributed by atoms with E-state index in [0.29, 0.717) is 6.41 Å². The summed E-state index contributed by atoms with van der Waals surface area (Å²) in [5.41, 5.74) is 0. The lowest BCUT2D eigenvalue weighted by atomic mass is 10.5. The summed E-state index contributed by atoms with van der Waals surface area (Å²) in [4.78, 5) is 14.0. The highest BCUT2D eigenvalue weighted by molar-refractivity contribution is 7.15. The Morgan fingerprint density at radius 2 is 2.70 bits per heavy atom. The van der Waals surface area contributed by atoms with Crippen molar-refractivity contribution in [3.63, 3.8) is 0 Å². The lowest BCUT2D eigenvalue weighted by Gasteiger charge is -1.85. The minimum absolute atomic E-state index is 0.660. The van der Waals surface area contributed by atoms with Crippen molar-refractivity contribution in [1.82, 2.24) is 4.98 Å². The quantitative estimate of drug-likeness (QED) is 0.670. The molecule has 0 fully saturated rings. The molecule has 0 aliphatic rings. The van der Waals surface area contributed by atoms with E-state index in [0.717, 1.165) is 16.4 Å². The SMILES string of the molecule is CCc1ncc(NC=O)s1. The molecule has 1 amide bonds. The van der Waals surface area contributed by atoms with Gasteiger partial charge < -0.3 is 5.32 Å². The number of nitrogens with one attached hydrogen (secondary N) is 1. The van der Waals surface area contributed by atoms with Crippen molar-refractivity contribution >= 4 is 22.7 Å². The smallest absolute Gasteiger partial charge is 0.212 e. The van der Waals surface area contributed by atoms with E-state index >= 15 is 0 Å². The van der Waals surface area contributed by atoms with E-state index in [4.69, 9.17) is 0 Å². The molecule has 0 aliphatic heterocycles. The van der Waals surface area contributed by atoms with Crippen LogP contribution in [0.5, 0.6) is 0 Å². The van der Waals surface area contributed by atoms with Crippen LogP contribution in [0.15, 0.2) is 6.20 Å². The van der Waals surface area contributed by atoms with Crippen LogP contribution in [0, 0.1) is 0 Å². The van der Waals surface area contributed by atoms with Gasteiger partial charge in [-0.3, -0.25) is 4.79 Å². The van der Waals surface area contributed by atoms with Crippen LogP contribution in [0.3, 0.4) is 0 Å². The highest BCUT2D eigenvalue weighted by Crippen LogP contribution is 2.17. The van der Waals surface area contributed by atoms with Gasteiger partial charge in [-0.1, -0.05) is 6.92 Å². The molecule has 0 bridgehead atoms. The molecule has 0 radical (unpaired) electrons. The van der Waals surface area contributed by atoms with Crippen LogP contribution in [-0.2, 0) is 11.2 Å². The Kier molecular flexibility index (Phi) is 2.39. The van der Waals surface area contributed by atoms with E-state index in [1.807, 2.05) is 6.92 Å². The van der Waals surface area contributed by atoms with Gasteiger partial charge in [0.25, 0.3) is 0 Å². The fourth-order valence-corrected chi connectivity index (χ4v) is 1.31. The van der Waals surface area contributed by atoms with Gasteiger partial charge in [0, 0.05) is 0 Å². The van der Waals surface area contributed by atoms with E-state index in [1.54, 1.807) is 6.20 Å². The van der Waals surface area contributed by atoms with Crippen LogP contribution in [0.25, 0.3) is 0 Å². The zero-order valence-electron chi connectivity index (χ0n) is 5.63. The van der Waals surface area contributed by atoms with Gasteiger partial charge in [0.2, 0.25) is 6.41 Å². The predicted molar refractivity (Wildman–Crippen MR) is 41.2 cm³/mol. The molecule has 0 spiro atoms. The van der Waals surface area contributed by atoms with Crippen LogP contribution in [0.2, 0.25) is 0 Å².